The maximum atomic E-state index is 12.6. The Hall–Kier alpha value is -1.40. The Kier molecular flexibility index (Phi) is 5.58. The van der Waals surface area contributed by atoms with Gasteiger partial charge >= 0.3 is 0 Å². The summed E-state index contributed by atoms with van der Waals surface area (Å²) in [5, 5.41) is 2.85. The molecule has 22 heavy (non-hydrogen) atoms. The molecule has 1 aliphatic carbocycles. The molecule has 1 saturated carbocycles. The lowest BCUT2D eigenvalue weighted by Crippen LogP contribution is -2.59. The van der Waals surface area contributed by atoms with Crippen molar-refractivity contribution in [2.24, 2.45) is 0 Å². The number of hydrogen-bond donors (Lipinski definition) is 2. The fraction of sp³-hybridized carbons (Fsp3) is 0.562. The van der Waals surface area contributed by atoms with Gasteiger partial charge in [-0.2, -0.15) is 4.72 Å². The zero-order valence-corrected chi connectivity index (χ0v) is 13.8. The largest absolute Gasteiger partial charge is 0.354 e. The van der Waals surface area contributed by atoms with Gasteiger partial charge in [-0.1, -0.05) is 44.4 Å². The second-order valence-electron chi connectivity index (χ2n) is 5.82. The molecule has 2 N–H and O–H groups in total. The van der Waals surface area contributed by atoms with Crippen LogP contribution >= 0.6 is 0 Å². The van der Waals surface area contributed by atoms with Gasteiger partial charge in [0.1, 0.15) is 5.54 Å². The molecule has 0 unspecified atom stereocenters. The van der Waals surface area contributed by atoms with Crippen LogP contribution in [-0.4, -0.2) is 26.4 Å². The number of rotatable bonds is 6. The van der Waals surface area contributed by atoms with E-state index in [1.807, 2.05) is 6.92 Å². The second-order valence-corrected chi connectivity index (χ2v) is 7.50. The predicted molar refractivity (Wildman–Crippen MR) is 85.9 cm³/mol. The molecule has 1 fully saturated rings. The van der Waals surface area contributed by atoms with Gasteiger partial charge in [-0.25, -0.2) is 8.42 Å². The first-order valence-electron chi connectivity index (χ1n) is 7.87. The molecule has 0 saturated heterocycles. The number of carbonyl (C=O) groups is 1. The summed E-state index contributed by atoms with van der Waals surface area (Å²) in [5.41, 5.74) is -1.01. The van der Waals surface area contributed by atoms with E-state index in [0.717, 1.165) is 25.7 Å². The highest BCUT2D eigenvalue weighted by atomic mass is 32.2. The minimum atomic E-state index is -3.70. The predicted octanol–water partition coefficient (Wildman–Crippen LogP) is 2.19. The van der Waals surface area contributed by atoms with Crippen LogP contribution in [0.5, 0.6) is 0 Å². The molecule has 0 aliphatic heterocycles. The number of carbonyl (C=O) groups excluding carboxylic acids is 1. The van der Waals surface area contributed by atoms with Crippen molar-refractivity contribution in [1.29, 1.82) is 0 Å². The standard InChI is InChI=1S/C16H24N2O3S/c1-2-13-17-15(19)16(11-7-4-8-12-16)18-22(20,21)14-9-5-3-6-10-14/h3,5-6,9-10,18H,2,4,7-8,11-13H2,1H3,(H,17,19). The van der Waals surface area contributed by atoms with E-state index in [1.165, 1.54) is 0 Å². The molecular weight excluding hydrogens is 300 g/mol. The highest BCUT2D eigenvalue weighted by molar-refractivity contribution is 7.89. The van der Waals surface area contributed by atoms with Crippen LogP contribution in [0.25, 0.3) is 0 Å². The molecule has 0 aromatic heterocycles. The molecule has 0 radical (unpaired) electrons. The SMILES string of the molecule is CCCNC(=O)C1(NS(=O)(=O)c2ccccc2)CCCCC1. The Morgan fingerprint density at radius 1 is 1.14 bits per heavy atom. The Morgan fingerprint density at radius 2 is 1.77 bits per heavy atom. The van der Waals surface area contributed by atoms with Crippen molar-refractivity contribution in [1.82, 2.24) is 10.0 Å². The normalized spacial score (nSPS) is 17.9. The van der Waals surface area contributed by atoms with Crippen LogP contribution in [0.3, 0.4) is 0 Å². The topological polar surface area (TPSA) is 75.3 Å². The van der Waals surface area contributed by atoms with Crippen LogP contribution in [0.15, 0.2) is 35.2 Å². The van der Waals surface area contributed by atoms with E-state index in [4.69, 9.17) is 0 Å². The van der Waals surface area contributed by atoms with Crippen molar-refractivity contribution in [2.45, 2.75) is 55.9 Å². The molecule has 6 heteroatoms. The molecule has 0 atom stereocenters. The molecule has 5 nitrogen and oxygen atoms in total. The summed E-state index contributed by atoms with van der Waals surface area (Å²) in [6.07, 6.45) is 4.68. The van der Waals surface area contributed by atoms with E-state index >= 15 is 0 Å². The van der Waals surface area contributed by atoms with Gasteiger partial charge in [0, 0.05) is 6.54 Å². The Morgan fingerprint density at radius 3 is 2.36 bits per heavy atom. The summed E-state index contributed by atoms with van der Waals surface area (Å²) in [6, 6.07) is 8.22. The Bertz CT molecular complexity index is 593. The van der Waals surface area contributed by atoms with E-state index in [-0.39, 0.29) is 10.8 Å². The number of amides is 1. The zero-order valence-electron chi connectivity index (χ0n) is 13.0. The van der Waals surface area contributed by atoms with Gasteiger partial charge in [0.15, 0.2) is 0 Å². The van der Waals surface area contributed by atoms with E-state index in [9.17, 15) is 13.2 Å². The van der Waals surface area contributed by atoms with E-state index in [0.29, 0.717) is 19.4 Å². The van der Waals surface area contributed by atoms with E-state index in [2.05, 4.69) is 10.0 Å². The summed E-state index contributed by atoms with van der Waals surface area (Å²) < 4.78 is 27.9. The van der Waals surface area contributed by atoms with Crippen molar-refractivity contribution in [2.75, 3.05) is 6.54 Å². The minimum Gasteiger partial charge on any atom is -0.354 e. The van der Waals surface area contributed by atoms with E-state index in [1.54, 1.807) is 30.3 Å². The minimum absolute atomic E-state index is 0.197. The zero-order chi connectivity index (χ0) is 16.1. The molecule has 1 amide bonds. The first kappa shape index (κ1) is 17.0. The quantitative estimate of drug-likeness (QED) is 0.842. The van der Waals surface area contributed by atoms with Gasteiger partial charge in [0.05, 0.1) is 4.90 Å². The number of hydrogen-bond acceptors (Lipinski definition) is 3. The van der Waals surface area contributed by atoms with Crippen molar-refractivity contribution in [3.63, 3.8) is 0 Å². The third-order valence-corrected chi connectivity index (χ3v) is 5.61. The van der Waals surface area contributed by atoms with Crippen LogP contribution in [0.4, 0.5) is 0 Å². The summed E-state index contributed by atoms with van der Waals surface area (Å²) in [5.74, 6) is -0.200. The highest BCUT2D eigenvalue weighted by Gasteiger charge is 2.42. The fourth-order valence-electron chi connectivity index (χ4n) is 2.85. The molecule has 1 aromatic rings. The molecule has 2 rings (SSSR count). The molecule has 0 spiro atoms. The van der Waals surface area contributed by atoms with Gasteiger partial charge in [0.25, 0.3) is 0 Å². The second kappa shape index (κ2) is 7.24. The van der Waals surface area contributed by atoms with Crippen LogP contribution in [0, 0.1) is 0 Å². The molecular formula is C16H24N2O3S. The molecule has 1 aromatic carbocycles. The monoisotopic (exact) mass is 324 g/mol. The fourth-order valence-corrected chi connectivity index (χ4v) is 4.30. The lowest BCUT2D eigenvalue weighted by Gasteiger charge is -2.36. The Labute approximate surface area is 132 Å². The first-order valence-corrected chi connectivity index (χ1v) is 9.36. The molecule has 1 aliphatic rings. The lowest BCUT2D eigenvalue weighted by atomic mass is 9.82. The van der Waals surface area contributed by atoms with Crippen molar-refractivity contribution >= 4 is 15.9 Å². The van der Waals surface area contributed by atoms with Crippen LogP contribution in [-0.2, 0) is 14.8 Å². The van der Waals surface area contributed by atoms with Crippen LogP contribution < -0.4 is 10.0 Å². The summed E-state index contributed by atoms with van der Waals surface area (Å²) >= 11 is 0. The highest BCUT2D eigenvalue weighted by Crippen LogP contribution is 2.30. The summed E-state index contributed by atoms with van der Waals surface area (Å²) in [7, 11) is -3.70. The average Bonchev–Trinajstić information content (AvgIpc) is 2.54. The first-order chi connectivity index (χ1) is 10.5. The number of nitrogens with one attached hydrogen (secondary N) is 2. The van der Waals surface area contributed by atoms with E-state index < -0.39 is 15.6 Å². The molecule has 122 valence electrons. The third-order valence-electron chi connectivity index (χ3n) is 4.06. The lowest BCUT2D eigenvalue weighted by molar-refractivity contribution is -0.128. The van der Waals surface area contributed by atoms with Crippen LogP contribution in [0.1, 0.15) is 45.4 Å². The van der Waals surface area contributed by atoms with Gasteiger partial charge in [-0.05, 0) is 31.4 Å². The van der Waals surface area contributed by atoms with Gasteiger partial charge < -0.3 is 5.32 Å². The molecule has 0 bridgehead atoms. The maximum absolute atomic E-state index is 12.6. The average molecular weight is 324 g/mol. The number of sulfonamides is 1. The Balaban J connectivity index is 2.25. The van der Waals surface area contributed by atoms with Crippen molar-refractivity contribution in [3.8, 4) is 0 Å². The third kappa shape index (κ3) is 3.87. The maximum Gasteiger partial charge on any atom is 0.241 e. The van der Waals surface area contributed by atoms with Crippen LogP contribution in [0.2, 0.25) is 0 Å². The van der Waals surface area contributed by atoms with Gasteiger partial charge in [0.2, 0.25) is 15.9 Å². The van der Waals surface area contributed by atoms with Gasteiger partial charge in [-0.15, -0.1) is 0 Å². The van der Waals surface area contributed by atoms with Crippen molar-refractivity contribution in [3.05, 3.63) is 30.3 Å². The smallest absolute Gasteiger partial charge is 0.241 e. The number of benzene rings is 1. The van der Waals surface area contributed by atoms with Crippen molar-refractivity contribution < 1.29 is 13.2 Å². The summed E-state index contributed by atoms with van der Waals surface area (Å²) in [4.78, 5) is 12.7. The van der Waals surface area contributed by atoms with Gasteiger partial charge in [-0.3, -0.25) is 4.79 Å². The summed E-state index contributed by atoms with van der Waals surface area (Å²) in [6.45, 7) is 2.54. The molecule has 0 heterocycles.